The van der Waals surface area contributed by atoms with E-state index in [-0.39, 0.29) is 0 Å². The van der Waals surface area contributed by atoms with Gasteiger partial charge in [0.25, 0.3) is 0 Å². The molecule has 2 unspecified atom stereocenters. The maximum atomic E-state index is 10.4. The summed E-state index contributed by atoms with van der Waals surface area (Å²) in [6.45, 7) is 4.06. The molecule has 0 bridgehead atoms. The lowest BCUT2D eigenvalue weighted by Gasteiger charge is -2.26. The standard InChI is InChI=1S/C17H22ClN3O2/c1-11-16(12-3-7-14(18)8-4-12)19-20-21(11)10-15(22)9-17(2,23)13-5-6-13/h3-4,7-8,13,15,22-23H,5-6,9-10H2,1-2H3. The normalized spacial score (nSPS) is 18.7. The molecule has 23 heavy (non-hydrogen) atoms. The Morgan fingerprint density at radius 3 is 2.61 bits per heavy atom. The van der Waals surface area contributed by atoms with Gasteiger partial charge in [0.1, 0.15) is 5.69 Å². The van der Waals surface area contributed by atoms with Crippen LogP contribution in [-0.2, 0) is 6.54 Å². The Morgan fingerprint density at radius 2 is 2.00 bits per heavy atom. The molecule has 2 aromatic rings. The first-order valence-corrected chi connectivity index (χ1v) is 8.31. The molecule has 2 atom stereocenters. The number of hydrogen-bond donors (Lipinski definition) is 2. The van der Waals surface area contributed by atoms with Crippen LogP contribution in [0.15, 0.2) is 24.3 Å². The Morgan fingerprint density at radius 1 is 1.35 bits per heavy atom. The summed E-state index contributed by atoms with van der Waals surface area (Å²) in [7, 11) is 0. The summed E-state index contributed by atoms with van der Waals surface area (Å²) in [5, 5.41) is 29.7. The fraction of sp³-hybridized carbons (Fsp3) is 0.529. The van der Waals surface area contributed by atoms with Crippen LogP contribution < -0.4 is 0 Å². The predicted molar refractivity (Wildman–Crippen MR) is 89.2 cm³/mol. The fourth-order valence-corrected chi connectivity index (χ4v) is 3.15. The summed E-state index contributed by atoms with van der Waals surface area (Å²) in [6, 6.07) is 7.43. The highest BCUT2D eigenvalue weighted by atomic mass is 35.5. The molecule has 1 fully saturated rings. The molecule has 0 saturated heterocycles. The lowest BCUT2D eigenvalue weighted by Crippen LogP contribution is -2.34. The molecule has 0 amide bonds. The van der Waals surface area contributed by atoms with Crippen LogP contribution in [-0.4, -0.2) is 36.9 Å². The zero-order valence-electron chi connectivity index (χ0n) is 13.4. The highest BCUT2D eigenvalue weighted by Gasteiger charge is 2.41. The summed E-state index contributed by atoms with van der Waals surface area (Å²) in [4.78, 5) is 0. The molecular formula is C17H22ClN3O2. The molecule has 2 N–H and O–H groups in total. The van der Waals surface area contributed by atoms with E-state index in [1.165, 1.54) is 0 Å². The van der Waals surface area contributed by atoms with Gasteiger partial charge in [0.05, 0.1) is 23.9 Å². The SMILES string of the molecule is Cc1c(-c2ccc(Cl)cc2)nnn1CC(O)CC(C)(O)C1CC1. The third-order valence-electron chi connectivity index (χ3n) is 4.59. The van der Waals surface area contributed by atoms with Crippen LogP contribution in [0.25, 0.3) is 11.3 Å². The van der Waals surface area contributed by atoms with Gasteiger partial charge in [-0.15, -0.1) is 5.10 Å². The van der Waals surface area contributed by atoms with Gasteiger partial charge in [0.15, 0.2) is 0 Å². The first-order chi connectivity index (χ1) is 10.9. The molecule has 1 saturated carbocycles. The molecule has 1 heterocycles. The quantitative estimate of drug-likeness (QED) is 0.851. The molecule has 5 nitrogen and oxygen atoms in total. The maximum Gasteiger partial charge on any atom is 0.115 e. The van der Waals surface area contributed by atoms with Crippen molar-refractivity contribution < 1.29 is 10.2 Å². The second-order valence-electron chi connectivity index (χ2n) is 6.70. The summed E-state index contributed by atoms with van der Waals surface area (Å²) in [5.41, 5.74) is 1.81. The molecule has 1 aromatic heterocycles. The number of rotatable bonds is 6. The van der Waals surface area contributed by atoms with Crippen LogP contribution in [0.5, 0.6) is 0 Å². The second-order valence-corrected chi connectivity index (χ2v) is 7.14. The van der Waals surface area contributed by atoms with E-state index in [1.54, 1.807) is 11.6 Å². The minimum Gasteiger partial charge on any atom is -0.391 e. The van der Waals surface area contributed by atoms with Crippen LogP contribution in [0.2, 0.25) is 5.02 Å². The van der Waals surface area contributed by atoms with E-state index in [2.05, 4.69) is 10.3 Å². The Kier molecular flexibility index (Phi) is 4.45. The minimum absolute atomic E-state index is 0.318. The van der Waals surface area contributed by atoms with Crippen molar-refractivity contribution in [2.24, 2.45) is 5.92 Å². The van der Waals surface area contributed by atoms with Gasteiger partial charge in [0.2, 0.25) is 0 Å². The molecule has 1 aromatic carbocycles. The molecule has 0 radical (unpaired) electrons. The van der Waals surface area contributed by atoms with Crippen molar-refractivity contribution in [3.8, 4) is 11.3 Å². The number of aliphatic hydroxyl groups is 2. The molecule has 0 aliphatic heterocycles. The maximum absolute atomic E-state index is 10.4. The number of halogens is 1. The Hall–Kier alpha value is -1.43. The van der Waals surface area contributed by atoms with E-state index < -0.39 is 11.7 Å². The monoisotopic (exact) mass is 335 g/mol. The number of benzene rings is 1. The van der Waals surface area contributed by atoms with Gasteiger partial charge in [-0.3, -0.25) is 0 Å². The van der Waals surface area contributed by atoms with Crippen LogP contribution in [0, 0.1) is 12.8 Å². The Bertz CT molecular complexity index is 678. The van der Waals surface area contributed by atoms with Gasteiger partial charge in [-0.1, -0.05) is 28.9 Å². The average molecular weight is 336 g/mol. The number of aliphatic hydroxyl groups excluding tert-OH is 1. The van der Waals surface area contributed by atoms with E-state index in [1.807, 2.05) is 31.2 Å². The van der Waals surface area contributed by atoms with Crippen LogP contribution in [0.4, 0.5) is 0 Å². The van der Waals surface area contributed by atoms with Crippen molar-refractivity contribution in [3.63, 3.8) is 0 Å². The largest absolute Gasteiger partial charge is 0.391 e. The predicted octanol–water partition coefficient (Wildman–Crippen LogP) is 2.82. The van der Waals surface area contributed by atoms with E-state index in [4.69, 9.17) is 11.6 Å². The average Bonchev–Trinajstić information content (AvgIpc) is 3.28. The van der Waals surface area contributed by atoms with Crippen LogP contribution in [0.3, 0.4) is 0 Å². The number of nitrogens with zero attached hydrogens (tertiary/aromatic N) is 3. The molecule has 124 valence electrons. The van der Waals surface area contributed by atoms with Gasteiger partial charge in [-0.05, 0) is 44.7 Å². The van der Waals surface area contributed by atoms with Crippen molar-refractivity contribution in [1.29, 1.82) is 0 Å². The summed E-state index contributed by atoms with van der Waals surface area (Å²) >= 11 is 5.91. The Balaban J connectivity index is 1.70. The van der Waals surface area contributed by atoms with Crippen molar-refractivity contribution in [3.05, 3.63) is 35.0 Å². The van der Waals surface area contributed by atoms with Crippen LogP contribution in [0.1, 0.15) is 31.9 Å². The van der Waals surface area contributed by atoms with Gasteiger partial charge in [-0.2, -0.15) is 0 Å². The Labute approximate surface area is 140 Å². The van der Waals surface area contributed by atoms with E-state index in [0.29, 0.717) is 23.9 Å². The zero-order valence-corrected chi connectivity index (χ0v) is 14.2. The fourth-order valence-electron chi connectivity index (χ4n) is 3.02. The van der Waals surface area contributed by atoms with Gasteiger partial charge >= 0.3 is 0 Å². The minimum atomic E-state index is -0.799. The van der Waals surface area contributed by atoms with Gasteiger partial charge in [-0.25, -0.2) is 4.68 Å². The van der Waals surface area contributed by atoms with Crippen molar-refractivity contribution in [1.82, 2.24) is 15.0 Å². The van der Waals surface area contributed by atoms with Crippen molar-refractivity contribution >= 4 is 11.6 Å². The number of aromatic nitrogens is 3. The molecular weight excluding hydrogens is 314 g/mol. The van der Waals surface area contributed by atoms with Gasteiger partial charge in [0, 0.05) is 17.0 Å². The van der Waals surface area contributed by atoms with Crippen molar-refractivity contribution in [2.75, 3.05) is 0 Å². The second kappa shape index (κ2) is 6.23. The highest BCUT2D eigenvalue weighted by molar-refractivity contribution is 6.30. The molecule has 1 aliphatic carbocycles. The first-order valence-electron chi connectivity index (χ1n) is 7.93. The van der Waals surface area contributed by atoms with Crippen molar-refractivity contribution in [2.45, 2.75) is 51.4 Å². The number of hydrogen-bond acceptors (Lipinski definition) is 4. The van der Waals surface area contributed by atoms with Gasteiger partial charge < -0.3 is 10.2 Å². The van der Waals surface area contributed by atoms with E-state index >= 15 is 0 Å². The molecule has 1 aliphatic rings. The third-order valence-corrected chi connectivity index (χ3v) is 4.84. The molecule has 0 spiro atoms. The third kappa shape index (κ3) is 3.74. The van der Waals surface area contributed by atoms with Crippen LogP contribution >= 0.6 is 11.6 Å². The zero-order chi connectivity index (χ0) is 16.6. The topological polar surface area (TPSA) is 71.2 Å². The first kappa shape index (κ1) is 16.4. The summed E-state index contributed by atoms with van der Waals surface area (Å²) in [6.07, 6.45) is 1.79. The highest BCUT2D eigenvalue weighted by Crippen LogP contribution is 2.41. The molecule has 6 heteroatoms. The lowest BCUT2D eigenvalue weighted by atomic mass is 9.93. The summed E-state index contributed by atoms with van der Waals surface area (Å²) in [5.74, 6) is 0.318. The smallest absolute Gasteiger partial charge is 0.115 e. The molecule has 3 rings (SSSR count). The van der Waals surface area contributed by atoms with E-state index in [9.17, 15) is 10.2 Å². The summed E-state index contributed by atoms with van der Waals surface area (Å²) < 4.78 is 1.69. The van der Waals surface area contributed by atoms with E-state index in [0.717, 1.165) is 29.8 Å². The lowest BCUT2D eigenvalue weighted by molar-refractivity contribution is -0.0186.